The van der Waals surface area contributed by atoms with E-state index in [1.165, 1.54) is 11.9 Å². The Hall–Kier alpha value is -2.39. The predicted octanol–water partition coefficient (Wildman–Crippen LogP) is 2.33. The number of anilines is 1. The molecule has 0 bridgehead atoms. The van der Waals surface area contributed by atoms with Crippen molar-refractivity contribution in [2.45, 2.75) is 18.6 Å². The number of halogens is 4. The van der Waals surface area contributed by atoms with Crippen LogP contribution in [0.25, 0.3) is 0 Å². The van der Waals surface area contributed by atoms with Gasteiger partial charge < -0.3 is 9.80 Å². The van der Waals surface area contributed by atoms with Gasteiger partial charge in [0.15, 0.2) is 0 Å². The van der Waals surface area contributed by atoms with Crippen LogP contribution in [0, 0.1) is 15.9 Å². The number of hydrogen-bond acceptors (Lipinski definition) is 4. The van der Waals surface area contributed by atoms with Crippen molar-refractivity contribution in [2.75, 3.05) is 25.0 Å². The van der Waals surface area contributed by atoms with Crippen LogP contribution in [0.4, 0.5) is 28.9 Å². The lowest BCUT2D eigenvalue weighted by molar-refractivity contribution is -0.384. The number of nitro groups is 1. The highest BCUT2D eigenvalue weighted by molar-refractivity contribution is 5.88. The number of rotatable bonds is 4. The minimum absolute atomic E-state index is 0.0244. The van der Waals surface area contributed by atoms with E-state index in [4.69, 9.17) is 0 Å². The van der Waals surface area contributed by atoms with Gasteiger partial charge in [-0.05, 0) is 18.6 Å². The van der Waals surface area contributed by atoms with Gasteiger partial charge >= 0.3 is 6.18 Å². The summed E-state index contributed by atoms with van der Waals surface area (Å²) < 4.78 is 50.4. The van der Waals surface area contributed by atoms with Gasteiger partial charge in [0.25, 0.3) is 5.69 Å². The monoisotopic (exact) mass is 335 g/mol. The SMILES string of the molecule is CN(c1ccc(F)cc1[N+](=O)[O-])[C@H]1CCN(CC(F)(F)F)C1=O. The van der Waals surface area contributed by atoms with Crippen LogP contribution in [0.3, 0.4) is 0 Å². The van der Waals surface area contributed by atoms with Crippen molar-refractivity contribution >= 4 is 17.3 Å². The topological polar surface area (TPSA) is 66.7 Å². The Morgan fingerprint density at radius 1 is 1.43 bits per heavy atom. The molecule has 1 fully saturated rings. The number of likely N-dealkylation sites (N-methyl/N-ethyl adjacent to an activating group) is 1. The van der Waals surface area contributed by atoms with E-state index in [0.29, 0.717) is 11.0 Å². The van der Waals surface area contributed by atoms with Gasteiger partial charge in [0.2, 0.25) is 5.91 Å². The quantitative estimate of drug-likeness (QED) is 0.481. The highest BCUT2D eigenvalue weighted by Crippen LogP contribution is 2.32. The van der Waals surface area contributed by atoms with Gasteiger partial charge in [0.05, 0.1) is 11.0 Å². The van der Waals surface area contributed by atoms with Crippen LogP contribution in [-0.2, 0) is 4.79 Å². The van der Waals surface area contributed by atoms with Gasteiger partial charge in [-0.2, -0.15) is 13.2 Å². The van der Waals surface area contributed by atoms with E-state index in [-0.39, 0.29) is 18.7 Å². The third-order valence-corrected chi connectivity index (χ3v) is 3.62. The van der Waals surface area contributed by atoms with Crippen LogP contribution in [-0.4, -0.2) is 48.1 Å². The van der Waals surface area contributed by atoms with Crippen LogP contribution in [0.5, 0.6) is 0 Å². The summed E-state index contributed by atoms with van der Waals surface area (Å²) >= 11 is 0. The fourth-order valence-electron chi connectivity index (χ4n) is 2.56. The molecule has 10 heteroatoms. The number of nitrogens with zero attached hydrogens (tertiary/aromatic N) is 3. The maximum atomic E-state index is 13.1. The third kappa shape index (κ3) is 3.69. The van der Waals surface area contributed by atoms with Gasteiger partial charge in [-0.1, -0.05) is 0 Å². The molecule has 1 aromatic carbocycles. The van der Waals surface area contributed by atoms with Gasteiger partial charge in [-0.15, -0.1) is 0 Å². The zero-order valence-corrected chi connectivity index (χ0v) is 12.0. The highest BCUT2D eigenvalue weighted by atomic mass is 19.4. The lowest BCUT2D eigenvalue weighted by Crippen LogP contribution is -2.42. The molecule has 0 radical (unpaired) electrons. The zero-order valence-electron chi connectivity index (χ0n) is 12.0. The number of carbonyl (C=O) groups excluding carboxylic acids is 1. The molecule has 6 nitrogen and oxygen atoms in total. The van der Waals surface area contributed by atoms with Gasteiger partial charge in [-0.3, -0.25) is 14.9 Å². The van der Waals surface area contributed by atoms with E-state index < -0.39 is 41.1 Å². The van der Waals surface area contributed by atoms with Crippen molar-refractivity contribution in [3.8, 4) is 0 Å². The molecule has 1 atom stereocenters. The number of hydrogen-bond donors (Lipinski definition) is 0. The molecule has 23 heavy (non-hydrogen) atoms. The Balaban J connectivity index is 2.24. The number of nitro benzene ring substituents is 1. The summed E-state index contributed by atoms with van der Waals surface area (Å²) in [4.78, 5) is 24.2. The molecule has 1 aliphatic rings. The molecule has 126 valence electrons. The molecular formula is C13H13F4N3O3. The van der Waals surface area contributed by atoms with E-state index in [1.54, 1.807) is 0 Å². The van der Waals surface area contributed by atoms with E-state index in [2.05, 4.69) is 0 Å². The van der Waals surface area contributed by atoms with Crippen LogP contribution in [0.2, 0.25) is 0 Å². The number of alkyl halides is 3. The second kappa shape index (κ2) is 6.01. The van der Waals surface area contributed by atoms with Crippen LogP contribution in [0.15, 0.2) is 18.2 Å². The van der Waals surface area contributed by atoms with E-state index in [9.17, 15) is 32.5 Å². The van der Waals surface area contributed by atoms with E-state index >= 15 is 0 Å². The zero-order chi connectivity index (χ0) is 17.4. The Labute approximate surface area is 128 Å². The van der Waals surface area contributed by atoms with Gasteiger partial charge in [0, 0.05) is 13.6 Å². The molecule has 0 spiro atoms. The smallest absolute Gasteiger partial charge is 0.357 e. The largest absolute Gasteiger partial charge is 0.406 e. The summed E-state index contributed by atoms with van der Waals surface area (Å²) in [6.07, 6.45) is -4.41. The Morgan fingerprint density at radius 3 is 2.65 bits per heavy atom. The first-order valence-corrected chi connectivity index (χ1v) is 6.62. The maximum Gasteiger partial charge on any atom is 0.406 e. The number of likely N-dealkylation sites (tertiary alicyclic amines) is 1. The number of carbonyl (C=O) groups is 1. The summed E-state index contributed by atoms with van der Waals surface area (Å²) in [6, 6.07) is 1.87. The lowest BCUT2D eigenvalue weighted by atomic mass is 10.1. The lowest BCUT2D eigenvalue weighted by Gasteiger charge is -2.25. The van der Waals surface area contributed by atoms with Crippen molar-refractivity contribution in [3.63, 3.8) is 0 Å². The predicted molar refractivity (Wildman–Crippen MR) is 72.5 cm³/mol. The second-order valence-electron chi connectivity index (χ2n) is 5.18. The van der Waals surface area contributed by atoms with Crippen molar-refractivity contribution in [2.24, 2.45) is 0 Å². The standard InChI is InChI=1S/C13H13F4N3O3/c1-18(9-3-2-8(14)6-11(9)20(22)23)10-4-5-19(12(10)21)7-13(15,16)17/h2-3,6,10H,4-5,7H2,1H3/t10-/m0/s1. The number of benzene rings is 1. The molecule has 0 aliphatic carbocycles. The number of amides is 1. The summed E-state index contributed by atoms with van der Waals surface area (Å²) in [5, 5.41) is 11.0. The minimum Gasteiger partial charge on any atom is -0.357 e. The maximum absolute atomic E-state index is 13.1. The Morgan fingerprint density at radius 2 is 2.09 bits per heavy atom. The van der Waals surface area contributed by atoms with Crippen molar-refractivity contribution in [3.05, 3.63) is 34.1 Å². The molecule has 1 amide bonds. The van der Waals surface area contributed by atoms with Crippen molar-refractivity contribution < 1.29 is 27.3 Å². The summed E-state index contributed by atoms with van der Waals surface area (Å²) in [5.74, 6) is -1.58. The first kappa shape index (κ1) is 17.0. The summed E-state index contributed by atoms with van der Waals surface area (Å²) in [6.45, 7) is -1.45. The summed E-state index contributed by atoms with van der Waals surface area (Å²) in [5.41, 5.74) is -0.571. The molecule has 1 saturated heterocycles. The molecule has 1 aliphatic heterocycles. The molecular weight excluding hydrogens is 322 g/mol. The minimum atomic E-state index is -4.51. The van der Waals surface area contributed by atoms with Crippen LogP contribution < -0.4 is 4.90 Å². The fraction of sp³-hybridized carbons (Fsp3) is 0.462. The van der Waals surface area contributed by atoms with Crippen molar-refractivity contribution in [1.29, 1.82) is 0 Å². The fourth-order valence-corrected chi connectivity index (χ4v) is 2.56. The van der Waals surface area contributed by atoms with E-state index in [0.717, 1.165) is 12.1 Å². The first-order chi connectivity index (χ1) is 10.6. The second-order valence-corrected chi connectivity index (χ2v) is 5.18. The normalized spacial score (nSPS) is 18.4. The molecule has 1 heterocycles. The average Bonchev–Trinajstić information content (AvgIpc) is 2.77. The molecule has 0 unspecified atom stereocenters. The third-order valence-electron chi connectivity index (χ3n) is 3.62. The average molecular weight is 335 g/mol. The molecule has 0 saturated carbocycles. The van der Waals surface area contributed by atoms with Crippen molar-refractivity contribution in [1.82, 2.24) is 4.90 Å². The van der Waals surface area contributed by atoms with Gasteiger partial charge in [0.1, 0.15) is 24.1 Å². The molecule has 2 rings (SSSR count). The first-order valence-electron chi connectivity index (χ1n) is 6.62. The van der Waals surface area contributed by atoms with E-state index in [1.807, 2.05) is 0 Å². The Bertz CT molecular complexity index is 635. The molecule has 0 N–H and O–H groups in total. The van der Waals surface area contributed by atoms with Gasteiger partial charge in [-0.25, -0.2) is 4.39 Å². The Kier molecular flexibility index (Phi) is 4.44. The summed E-state index contributed by atoms with van der Waals surface area (Å²) in [7, 11) is 1.36. The van der Waals surface area contributed by atoms with Crippen LogP contribution in [0.1, 0.15) is 6.42 Å². The molecule has 1 aromatic rings. The molecule has 0 aromatic heterocycles. The van der Waals surface area contributed by atoms with Crippen LogP contribution >= 0.6 is 0 Å². The highest BCUT2D eigenvalue weighted by Gasteiger charge is 2.41.